The fourth-order valence-electron chi connectivity index (χ4n) is 5.77. The van der Waals surface area contributed by atoms with E-state index >= 15 is 0 Å². The average Bonchev–Trinajstić information content (AvgIpc) is 3.76. The van der Waals surface area contributed by atoms with E-state index in [4.69, 9.17) is 10.6 Å². The van der Waals surface area contributed by atoms with Crippen molar-refractivity contribution in [2.45, 2.75) is 56.2 Å². The number of anilines is 1. The summed E-state index contributed by atoms with van der Waals surface area (Å²) in [6.45, 7) is 0.951. The summed E-state index contributed by atoms with van der Waals surface area (Å²) >= 11 is 2.47. The zero-order chi connectivity index (χ0) is 31.0. The second-order valence-corrected chi connectivity index (χ2v) is 13.0. The van der Waals surface area contributed by atoms with Gasteiger partial charge in [0, 0.05) is 35.4 Å². The van der Waals surface area contributed by atoms with Crippen LogP contribution >= 0.6 is 23.1 Å². The maximum atomic E-state index is 13.4. The lowest BCUT2D eigenvalue weighted by Gasteiger charge is -2.49. The van der Waals surface area contributed by atoms with Gasteiger partial charge in [-0.3, -0.25) is 19.3 Å². The van der Waals surface area contributed by atoms with Gasteiger partial charge in [-0.05, 0) is 43.8 Å². The molecule has 0 radical (unpaired) electrons. The average molecular weight is 639 g/mol. The highest BCUT2D eigenvalue weighted by molar-refractivity contribution is 8.00. The number of nitrogens with one attached hydrogen (secondary N) is 1. The summed E-state index contributed by atoms with van der Waals surface area (Å²) in [6.07, 6.45) is 7.62. The van der Waals surface area contributed by atoms with Gasteiger partial charge in [0.2, 0.25) is 11.6 Å². The molecule has 2 atom stereocenters. The van der Waals surface area contributed by atoms with Crippen LogP contribution in [0.25, 0.3) is 0 Å². The third kappa shape index (κ3) is 5.80. The molecule has 0 spiro atoms. The SMILES string of the molecule is C[n+]1ccccc1CN1CCC(=CC2=C(C(=O)O)N3C(=O)[C@@H](NC(=O)/C(=N\OC4CCCC4)c4csc(N)n4)[C@H]3SC2)C1=O. The molecule has 6 rings (SSSR count). The van der Waals surface area contributed by atoms with Gasteiger partial charge < -0.3 is 25.9 Å². The number of aromatic nitrogens is 2. The van der Waals surface area contributed by atoms with Crippen LogP contribution in [-0.4, -0.2) is 79.1 Å². The van der Waals surface area contributed by atoms with Crippen molar-refractivity contribution in [3.8, 4) is 0 Å². The number of hydrogen-bond donors (Lipinski definition) is 3. The number of likely N-dealkylation sites (tertiary alicyclic amines) is 1. The first-order valence-corrected chi connectivity index (χ1v) is 16.2. The molecule has 3 amide bonds. The topological polar surface area (TPSA) is 171 Å². The molecule has 2 aromatic heterocycles. The Morgan fingerprint density at radius 1 is 1.30 bits per heavy atom. The Bertz CT molecular complexity index is 1610. The largest absolute Gasteiger partial charge is 0.477 e. The summed E-state index contributed by atoms with van der Waals surface area (Å²) in [5, 5.41) is 18.1. The lowest BCUT2D eigenvalue weighted by molar-refractivity contribution is -0.680. The fraction of sp³-hybridized carbons (Fsp3) is 0.414. The molecule has 5 heterocycles. The fourth-order valence-corrected chi connectivity index (χ4v) is 7.62. The molecular weight excluding hydrogens is 606 g/mol. The molecule has 1 saturated carbocycles. The lowest BCUT2D eigenvalue weighted by Crippen LogP contribution is -2.71. The van der Waals surface area contributed by atoms with Crippen LogP contribution in [0.3, 0.4) is 0 Å². The number of thioether (sulfide) groups is 1. The number of nitrogens with zero attached hydrogens (tertiary/aromatic N) is 5. The van der Waals surface area contributed by atoms with Crippen molar-refractivity contribution in [3.05, 3.63) is 64.1 Å². The van der Waals surface area contributed by atoms with Crippen molar-refractivity contribution < 1.29 is 33.7 Å². The molecule has 0 unspecified atom stereocenters. The zero-order valence-electron chi connectivity index (χ0n) is 24.0. The molecule has 3 aliphatic heterocycles. The van der Waals surface area contributed by atoms with Crippen molar-refractivity contribution in [2.75, 3.05) is 18.0 Å². The predicted octanol–water partition coefficient (Wildman–Crippen LogP) is 1.31. The Kier molecular flexibility index (Phi) is 8.40. The van der Waals surface area contributed by atoms with Gasteiger partial charge in [0.1, 0.15) is 42.5 Å². The molecule has 0 bridgehead atoms. The lowest BCUT2D eigenvalue weighted by atomic mass is 10.0. The second-order valence-electron chi connectivity index (χ2n) is 11.0. The Hall–Kier alpha value is -4.24. The molecule has 4 N–H and O–H groups in total. The molecule has 2 saturated heterocycles. The number of carboxylic acid groups (broad SMARTS) is 1. The summed E-state index contributed by atoms with van der Waals surface area (Å²) in [6, 6.07) is 4.81. The van der Waals surface area contributed by atoms with E-state index in [1.54, 1.807) is 16.4 Å². The summed E-state index contributed by atoms with van der Waals surface area (Å²) < 4.78 is 1.95. The normalized spacial score (nSPS) is 23.3. The number of fused-ring (bicyclic) bond motifs is 1. The number of pyridine rings is 1. The number of allylic oxidation sites excluding steroid dienone is 1. The van der Waals surface area contributed by atoms with E-state index in [1.165, 1.54) is 16.7 Å². The van der Waals surface area contributed by atoms with E-state index in [0.717, 1.165) is 42.7 Å². The van der Waals surface area contributed by atoms with Crippen molar-refractivity contribution in [1.29, 1.82) is 0 Å². The second kappa shape index (κ2) is 12.4. The first kappa shape index (κ1) is 29.8. The van der Waals surface area contributed by atoms with Crippen molar-refractivity contribution in [1.82, 2.24) is 20.1 Å². The van der Waals surface area contributed by atoms with Crippen LogP contribution in [-0.2, 0) is 37.6 Å². The maximum absolute atomic E-state index is 13.4. The van der Waals surface area contributed by atoms with Crippen LogP contribution in [0.2, 0.25) is 0 Å². The molecule has 1 aliphatic carbocycles. The number of β-lactam (4-membered cyclic amide) rings is 1. The molecule has 2 aromatic rings. The molecule has 13 nitrogen and oxygen atoms in total. The van der Waals surface area contributed by atoms with Gasteiger partial charge >= 0.3 is 5.97 Å². The van der Waals surface area contributed by atoms with E-state index in [0.29, 0.717) is 30.7 Å². The van der Waals surface area contributed by atoms with Crippen LogP contribution < -0.4 is 15.6 Å². The number of nitrogens with two attached hydrogens (primary N) is 1. The van der Waals surface area contributed by atoms with E-state index in [-0.39, 0.29) is 40.0 Å². The number of nitrogen functional groups attached to an aromatic ring is 1. The van der Waals surface area contributed by atoms with Crippen LogP contribution in [0.1, 0.15) is 43.5 Å². The van der Waals surface area contributed by atoms with E-state index in [1.807, 2.05) is 36.0 Å². The monoisotopic (exact) mass is 638 g/mol. The van der Waals surface area contributed by atoms with Crippen LogP contribution in [0.4, 0.5) is 5.13 Å². The molecular formula is C29H32N7O6S2+. The quantitative estimate of drug-likeness (QED) is 0.120. The van der Waals surface area contributed by atoms with Crippen molar-refractivity contribution >= 4 is 57.6 Å². The van der Waals surface area contributed by atoms with E-state index in [2.05, 4.69) is 15.5 Å². The highest BCUT2D eigenvalue weighted by Gasteiger charge is 2.54. The number of hydrogen-bond acceptors (Lipinski definition) is 10. The Labute approximate surface area is 261 Å². The Morgan fingerprint density at radius 2 is 2.09 bits per heavy atom. The van der Waals surface area contributed by atoms with Crippen LogP contribution in [0.5, 0.6) is 0 Å². The minimum absolute atomic E-state index is 0.0928. The number of carbonyl (C=O) groups excluding carboxylic acids is 3. The van der Waals surface area contributed by atoms with Gasteiger partial charge in [-0.1, -0.05) is 11.2 Å². The minimum Gasteiger partial charge on any atom is -0.477 e. The van der Waals surface area contributed by atoms with Gasteiger partial charge in [-0.25, -0.2) is 14.3 Å². The third-order valence-electron chi connectivity index (χ3n) is 8.14. The number of oxime groups is 1. The Morgan fingerprint density at radius 3 is 2.80 bits per heavy atom. The summed E-state index contributed by atoms with van der Waals surface area (Å²) in [7, 11) is 1.92. The van der Waals surface area contributed by atoms with E-state index < -0.39 is 29.2 Å². The van der Waals surface area contributed by atoms with Gasteiger partial charge in [0.15, 0.2) is 17.0 Å². The van der Waals surface area contributed by atoms with Crippen molar-refractivity contribution in [2.24, 2.45) is 12.2 Å². The highest BCUT2D eigenvalue weighted by Crippen LogP contribution is 2.41. The summed E-state index contributed by atoms with van der Waals surface area (Å²) in [5.74, 6) is -2.41. The Balaban J connectivity index is 1.17. The molecule has 230 valence electrons. The standard InChI is InChI=1S/C29H31N7O6S2/c1-34-10-5-4-6-18(34)13-35-11-9-16(25(35)38)12-17-14-43-27-22(26(39)36(27)23(17)28(40)41)32-24(37)21(20-15-44-29(30)31-20)33-42-19-7-2-3-8-19/h4-6,10,12,15,19,22,27H,2-3,7-9,11,13-14H2,1H3,(H3-,30,31,32,37,40,41)/p+1/b16-12?,33-21-/t22-,27-/m1/s1. The predicted molar refractivity (Wildman–Crippen MR) is 162 cm³/mol. The first-order valence-electron chi connectivity index (χ1n) is 14.3. The number of rotatable bonds is 9. The number of aliphatic carboxylic acids is 1. The zero-order valence-corrected chi connectivity index (χ0v) is 25.6. The number of carboxylic acids is 1. The minimum atomic E-state index is -1.27. The number of thiazole rings is 1. The van der Waals surface area contributed by atoms with Gasteiger partial charge in [-0.2, -0.15) is 0 Å². The number of aryl methyl sites for hydroxylation is 1. The van der Waals surface area contributed by atoms with Crippen LogP contribution in [0.15, 0.2) is 57.9 Å². The van der Waals surface area contributed by atoms with Gasteiger partial charge in [0.05, 0.1) is 0 Å². The molecule has 44 heavy (non-hydrogen) atoms. The molecule has 15 heteroatoms. The molecule has 4 aliphatic rings. The maximum Gasteiger partial charge on any atom is 0.352 e. The number of carbonyl (C=O) groups is 4. The first-order chi connectivity index (χ1) is 21.2. The smallest absolute Gasteiger partial charge is 0.352 e. The van der Waals surface area contributed by atoms with Gasteiger partial charge in [-0.15, -0.1) is 23.1 Å². The summed E-state index contributed by atoms with van der Waals surface area (Å²) in [4.78, 5) is 65.0. The van der Waals surface area contributed by atoms with Crippen molar-refractivity contribution in [3.63, 3.8) is 0 Å². The highest BCUT2D eigenvalue weighted by atomic mass is 32.2. The van der Waals surface area contributed by atoms with E-state index in [9.17, 15) is 24.3 Å². The van der Waals surface area contributed by atoms with Crippen LogP contribution in [0, 0.1) is 0 Å². The summed E-state index contributed by atoms with van der Waals surface area (Å²) in [5.41, 5.74) is 7.60. The number of amides is 3. The van der Waals surface area contributed by atoms with Gasteiger partial charge in [0.25, 0.3) is 11.8 Å². The molecule has 3 fully saturated rings. The molecule has 0 aromatic carbocycles. The third-order valence-corrected chi connectivity index (χ3v) is 10.1.